The first-order valence-electron chi connectivity index (χ1n) is 31.0. The van der Waals surface area contributed by atoms with Crippen molar-refractivity contribution in [2.24, 2.45) is 28.8 Å². The van der Waals surface area contributed by atoms with Gasteiger partial charge in [0.05, 0.1) is 65.6 Å². The lowest BCUT2D eigenvalue weighted by Crippen LogP contribution is -2.59. The van der Waals surface area contributed by atoms with Gasteiger partial charge in [-0.3, -0.25) is 52.7 Å². The van der Waals surface area contributed by atoms with Crippen molar-refractivity contribution < 1.29 is 70.3 Å². The summed E-state index contributed by atoms with van der Waals surface area (Å²) < 4.78 is 53.3. The van der Waals surface area contributed by atoms with Crippen molar-refractivity contribution in [3.8, 4) is 0 Å². The second-order valence-electron chi connectivity index (χ2n) is 24.4. The molecule has 1 fully saturated rings. The number of benzene rings is 3. The fourth-order valence-electron chi connectivity index (χ4n) is 11.8. The maximum absolute atomic E-state index is 14.6. The Morgan fingerprint density at radius 2 is 1.43 bits per heavy atom. The summed E-state index contributed by atoms with van der Waals surface area (Å²) in [7, 11) is 3.40. The summed E-state index contributed by atoms with van der Waals surface area (Å²) in [6.07, 6.45) is 3.20. The van der Waals surface area contributed by atoms with E-state index in [1.807, 2.05) is 60.5 Å². The van der Waals surface area contributed by atoms with Crippen LogP contribution in [0, 0.1) is 23.7 Å². The number of carbonyl (C=O) groups is 9. The van der Waals surface area contributed by atoms with E-state index in [0.29, 0.717) is 56.2 Å². The third-order valence-electron chi connectivity index (χ3n) is 17.0. The zero-order chi connectivity index (χ0) is 67.6. The van der Waals surface area contributed by atoms with E-state index in [4.69, 9.17) is 14.2 Å². The number of hydrazone groups is 1. The normalized spacial score (nSPS) is 17.4. The monoisotopic (exact) mass is 1280 g/mol. The van der Waals surface area contributed by atoms with Crippen LogP contribution in [0.5, 0.6) is 0 Å². The average molecular weight is 1280 g/mol. The van der Waals surface area contributed by atoms with E-state index in [-0.39, 0.29) is 71.8 Å². The lowest BCUT2D eigenvalue weighted by Gasteiger charge is -2.41. The molecule has 3 aromatic rings. The Balaban J connectivity index is 1.22. The van der Waals surface area contributed by atoms with E-state index in [1.165, 1.54) is 44.6 Å². The largest absolute Gasteiger partial charge is 0.452 e. The Hall–Kier alpha value is -7.71. The Morgan fingerprint density at radius 3 is 2.00 bits per heavy atom. The van der Waals surface area contributed by atoms with Gasteiger partial charge in [-0.15, -0.1) is 0 Å². The maximum atomic E-state index is 14.6. The highest BCUT2D eigenvalue weighted by atomic mass is 32.2. The molecule has 0 aliphatic carbocycles. The highest BCUT2D eigenvalue weighted by Gasteiger charge is 2.44. The number of imide groups is 1. The number of nitrogens with zero attached hydrogens (tertiary/aromatic N) is 5. The van der Waals surface area contributed by atoms with Crippen LogP contribution in [0.1, 0.15) is 152 Å². The molecule has 2 aliphatic rings. The molecule has 0 aromatic heterocycles. The van der Waals surface area contributed by atoms with Gasteiger partial charge in [-0.05, 0) is 113 Å². The molecule has 2 aliphatic heterocycles. The summed E-state index contributed by atoms with van der Waals surface area (Å²) in [5.74, 6) is -5.28. The first-order chi connectivity index (χ1) is 42.9. The van der Waals surface area contributed by atoms with Gasteiger partial charge in [0.15, 0.2) is 0 Å². The number of amides is 8. The number of nitrogens with one attached hydrogen (secondary N) is 4. The number of likely N-dealkylation sites (tertiary alicyclic amines) is 1. The molecule has 2 heterocycles. The van der Waals surface area contributed by atoms with Gasteiger partial charge < -0.3 is 40.0 Å². The highest BCUT2D eigenvalue weighted by molar-refractivity contribution is 7.86. The van der Waals surface area contributed by atoms with E-state index in [1.54, 1.807) is 80.1 Å². The van der Waals surface area contributed by atoms with Crippen LogP contribution < -0.4 is 21.4 Å². The van der Waals surface area contributed by atoms with Crippen LogP contribution in [0.15, 0.2) is 94.9 Å². The Bertz CT molecular complexity index is 3200. The number of unbranched alkanes of at least 4 members (excludes halogenated alkanes) is 2. The predicted octanol–water partition coefficient (Wildman–Crippen LogP) is 6.56. The van der Waals surface area contributed by atoms with Crippen molar-refractivity contribution in [1.82, 2.24) is 35.7 Å². The number of likely N-dealkylation sites (N-methyl/N-ethyl adjacent to an activating group) is 2. The number of methoxy groups -OCH3 is 2. The van der Waals surface area contributed by atoms with Gasteiger partial charge in [0.2, 0.25) is 29.5 Å². The predicted molar refractivity (Wildman–Crippen MR) is 343 cm³/mol. The molecule has 25 heteroatoms. The lowest BCUT2D eigenvalue weighted by atomic mass is 9.89. The molecule has 5 N–H and O–H groups in total. The number of esters is 1. The van der Waals surface area contributed by atoms with Crippen LogP contribution in [0.25, 0.3) is 0 Å². The molecule has 24 nitrogen and oxygen atoms in total. The summed E-state index contributed by atoms with van der Waals surface area (Å²) >= 11 is 0. The van der Waals surface area contributed by atoms with Crippen LogP contribution in [0.2, 0.25) is 0 Å². The zero-order valence-electron chi connectivity index (χ0n) is 54.9. The van der Waals surface area contributed by atoms with Crippen LogP contribution in [0.4, 0.5) is 5.69 Å². The number of ether oxygens (including phenoxy) is 3. The molecule has 0 bridgehead atoms. The molecule has 8 amide bonds. The first kappa shape index (κ1) is 74.0. The molecule has 3 unspecified atom stereocenters. The van der Waals surface area contributed by atoms with Crippen molar-refractivity contribution in [2.45, 2.75) is 167 Å². The molecule has 0 radical (unpaired) electrons. The maximum Gasteiger partial charge on any atom is 0.338 e. The number of hydrogen-bond donors (Lipinski definition) is 5. The molecule has 5 rings (SSSR count). The second-order valence-corrected chi connectivity index (χ2v) is 25.8. The van der Waals surface area contributed by atoms with E-state index < -0.39 is 111 Å². The molecule has 10 atom stereocenters. The summed E-state index contributed by atoms with van der Waals surface area (Å²) in [6.45, 7) is 17.3. The Labute approximate surface area is 535 Å². The van der Waals surface area contributed by atoms with Crippen LogP contribution >= 0.6 is 0 Å². The molecular weight excluding hydrogens is 1190 g/mol. The van der Waals surface area contributed by atoms with Crippen LogP contribution in [0.3, 0.4) is 0 Å². The second kappa shape index (κ2) is 34.1. The third-order valence-corrected chi connectivity index (χ3v) is 17.9. The van der Waals surface area contributed by atoms with Crippen molar-refractivity contribution in [1.29, 1.82) is 0 Å². The lowest BCUT2D eigenvalue weighted by molar-refractivity contribution is -0.148. The van der Waals surface area contributed by atoms with E-state index >= 15 is 0 Å². The minimum atomic E-state index is -4.98. The SMILES string of the molecule is CC[C@H](C)[C@H]([C@@H](CC(=O)N1CCCC1[C@H](OC)[C@@H](C)C(=O)N[C@H](C)[C@@H](OC(=O)c1ccc(C(C)=NNC(=O)c2ccc(NC(=O)CCCCCN3C(=O)C=CC3=O)cc2S(=O)(=O)O)cc1)c1ccccc1)OC)N(C)C(=O)C(NC(=O)C(C(C)C)N(C)C)C(C)C. The Morgan fingerprint density at radius 1 is 0.791 bits per heavy atom. The van der Waals surface area contributed by atoms with Gasteiger partial charge >= 0.3 is 5.97 Å². The number of anilines is 1. The summed E-state index contributed by atoms with van der Waals surface area (Å²) in [4.78, 5) is 126. The number of carbonyl (C=O) groups excluding carboxylic acids is 9. The highest BCUT2D eigenvalue weighted by Crippen LogP contribution is 2.31. The fourth-order valence-corrected chi connectivity index (χ4v) is 12.6. The van der Waals surface area contributed by atoms with Crippen molar-refractivity contribution >= 4 is 74.7 Å². The first-order valence-corrected chi connectivity index (χ1v) is 32.4. The third kappa shape index (κ3) is 19.9. The van der Waals surface area contributed by atoms with Gasteiger partial charge in [-0.25, -0.2) is 10.2 Å². The van der Waals surface area contributed by atoms with Crippen molar-refractivity contribution in [2.75, 3.05) is 53.8 Å². The summed E-state index contributed by atoms with van der Waals surface area (Å²) in [6, 6.07) is 15.2. The van der Waals surface area contributed by atoms with Gasteiger partial charge in [0, 0.05) is 58.6 Å². The fraction of sp³-hybridized carbons (Fsp3) is 0.545. The van der Waals surface area contributed by atoms with Gasteiger partial charge in [0.1, 0.15) is 17.0 Å². The van der Waals surface area contributed by atoms with E-state index in [2.05, 4.69) is 26.5 Å². The number of rotatable bonds is 33. The molecule has 498 valence electrons. The Kier molecular flexibility index (Phi) is 27.7. The quantitative estimate of drug-likeness (QED) is 0.0108. The zero-order valence-corrected chi connectivity index (χ0v) is 55.7. The van der Waals surface area contributed by atoms with Crippen LogP contribution in [-0.4, -0.2) is 182 Å². The molecular formula is C66H93N9O15S. The molecule has 3 aromatic carbocycles. The summed E-state index contributed by atoms with van der Waals surface area (Å²) in [5.41, 5.74) is 3.26. The minimum absolute atomic E-state index is 0.00283. The van der Waals surface area contributed by atoms with Gasteiger partial charge in [-0.2, -0.15) is 13.5 Å². The van der Waals surface area contributed by atoms with E-state index in [9.17, 15) is 56.1 Å². The molecule has 1 saturated heterocycles. The minimum Gasteiger partial charge on any atom is -0.452 e. The van der Waals surface area contributed by atoms with Crippen LogP contribution in [-0.2, 0) is 57.9 Å². The average Bonchev–Trinajstić information content (AvgIpc) is 2.53. The van der Waals surface area contributed by atoms with Gasteiger partial charge in [0.25, 0.3) is 27.8 Å². The summed E-state index contributed by atoms with van der Waals surface area (Å²) in [5, 5.41) is 12.7. The number of hydrogen-bond acceptors (Lipinski definition) is 16. The molecule has 0 saturated carbocycles. The standard InChI is InChI=1S/C66H93N9O15S/c1-15-41(6)59(73(12)65(83)57(39(2)3)69-64(82)58(40(4)5)72(10)11)51(88-13)38-56(79)74-36-22-25-50(74)60(89-14)42(7)62(80)67-44(9)61(46-23-18-16-19-24-46)90-66(84)47-29-27-45(28-30-47)43(8)70-71-63(81)49-32-31-48(37-52(49)91(85,86)87)68-53(76)26-20-17-21-35-75-54(77)33-34-55(75)78/h16,18-19,23-24,27-34,37,39-42,44,50-51,57-61H,15,17,20-22,25-26,35-36,38H2,1-14H3,(H,67,80)(H,68,76)(H,69,82)(H,71,81)(H,85,86,87)/t41-,42+,44+,50?,51+,57?,58?,59+,60+,61+/m0/s1. The molecule has 0 spiro atoms. The van der Waals surface area contributed by atoms with Crippen molar-refractivity contribution in [3.05, 3.63) is 107 Å². The van der Waals surface area contributed by atoms with Gasteiger partial charge in [-0.1, -0.05) is 104 Å². The smallest absolute Gasteiger partial charge is 0.338 e. The van der Waals surface area contributed by atoms with Crippen molar-refractivity contribution in [3.63, 3.8) is 0 Å². The van der Waals surface area contributed by atoms with E-state index in [0.717, 1.165) is 17.0 Å². The molecule has 91 heavy (non-hydrogen) atoms. The topological polar surface area (TPSA) is 309 Å².